The molecule has 2 amide bonds. The highest BCUT2D eigenvalue weighted by Crippen LogP contribution is 2.25. The van der Waals surface area contributed by atoms with Crippen molar-refractivity contribution >= 4 is 40.0 Å². The van der Waals surface area contributed by atoms with Gasteiger partial charge in [-0.15, -0.1) is 0 Å². The zero-order valence-corrected chi connectivity index (χ0v) is 33.2. The number of nitrogens with zero attached hydrogens (tertiary/aromatic N) is 4. The van der Waals surface area contributed by atoms with Crippen molar-refractivity contribution in [3.8, 4) is 0 Å². The molecule has 1 aromatic heterocycles. The van der Waals surface area contributed by atoms with E-state index in [1.165, 1.54) is 11.1 Å². The van der Waals surface area contributed by atoms with E-state index in [9.17, 15) is 50.4 Å². The third kappa shape index (κ3) is 14.6. The number of primary amides is 2. The number of hydrogen-bond donors (Lipinski definition) is 14. The Morgan fingerprint density at radius 3 is 1.83 bits per heavy atom. The van der Waals surface area contributed by atoms with Gasteiger partial charge in [-0.2, -0.15) is 0 Å². The predicted octanol–water partition coefficient (Wildman–Crippen LogP) is -4.34. The standard InChI is InChI=1S/C38H57ClN8O12/c39-29-15-45-30(31(46-29)38(42)59)36(40)44-11-4-3-6-20-9-10-21(23-8-2-1-7-22(20)23)14-24(37(41)58)43-12-5-13-47(16-25(50)32(54)34(56)27(52)18-48)17-26(51)33(55)35(57)28(53)19-49/h1-2,7-10,15,24-28,32-35,43,48-57H,3-6,11-14,16-19H2,(H2,40,44)(H2,41,58)(H2,42,59)/t24-,25-,26-,27+,28+,32+,33+,34+,35+/m0/s1. The molecule has 0 radical (unpaired) electrons. The molecule has 17 N–H and O–H groups in total. The van der Waals surface area contributed by atoms with Gasteiger partial charge in [-0.3, -0.25) is 19.5 Å². The number of unbranched alkanes of at least 4 members (excludes halogenated alkanes) is 1. The van der Waals surface area contributed by atoms with Gasteiger partial charge in [0.1, 0.15) is 53.3 Å². The molecule has 59 heavy (non-hydrogen) atoms. The van der Waals surface area contributed by atoms with Crippen LogP contribution in [0.15, 0.2) is 47.6 Å². The first kappa shape index (κ1) is 49.4. The number of aliphatic hydroxyl groups is 10. The van der Waals surface area contributed by atoms with Crippen LogP contribution in [-0.4, -0.2) is 184 Å². The Labute approximate surface area is 345 Å². The van der Waals surface area contributed by atoms with Gasteiger partial charge in [-0.05, 0) is 67.1 Å². The third-order valence-corrected chi connectivity index (χ3v) is 9.99. The molecule has 20 nitrogen and oxygen atoms in total. The first-order valence-corrected chi connectivity index (χ1v) is 19.4. The largest absolute Gasteiger partial charge is 0.394 e. The first-order chi connectivity index (χ1) is 28.0. The van der Waals surface area contributed by atoms with Crippen LogP contribution in [0.4, 0.5) is 0 Å². The molecule has 9 atom stereocenters. The SMILES string of the molecule is NC(=O)c1nc(Cl)cnc1C(N)=NCCCCc1ccc(C[C@H](NCCCN(C[C@H](O)[C@@H](O)[C@H](O)[C@H](O)CO)C[C@H](O)[C@@H](O)[C@H](O)[C@H](O)CO)C(N)=O)c2ccccc12. The highest BCUT2D eigenvalue weighted by molar-refractivity contribution is 6.29. The van der Waals surface area contributed by atoms with Crippen LogP contribution in [0.25, 0.3) is 10.8 Å². The molecule has 0 unspecified atom stereocenters. The van der Waals surface area contributed by atoms with Crippen molar-refractivity contribution in [2.24, 2.45) is 22.2 Å². The Morgan fingerprint density at radius 1 is 0.746 bits per heavy atom. The Balaban J connectivity index is 1.65. The van der Waals surface area contributed by atoms with Crippen LogP contribution in [0.3, 0.4) is 0 Å². The van der Waals surface area contributed by atoms with Crippen LogP contribution in [-0.2, 0) is 17.6 Å². The van der Waals surface area contributed by atoms with Gasteiger partial charge in [0.25, 0.3) is 5.91 Å². The van der Waals surface area contributed by atoms with E-state index in [2.05, 4.69) is 20.3 Å². The fraction of sp³-hybridized carbons (Fsp3) is 0.553. The number of nitrogens with two attached hydrogens (primary N) is 3. The number of amides is 2. The number of aliphatic hydroxyl groups excluding tert-OH is 10. The fourth-order valence-electron chi connectivity index (χ4n) is 6.45. The van der Waals surface area contributed by atoms with Crippen molar-refractivity contribution in [1.82, 2.24) is 20.2 Å². The number of rotatable bonds is 27. The van der Waals surface area contributed by atoms with Crippen LogP contribution >= 0.6 is 11.6 Å². The van der Waals surface area contributed by atoms with E-state index in [4.69, 9.17) is 39.0 Å². The molecular formula is C38H57ClN8O12. The number of aryl methyl sites for hydroxylation is 1. The number of aliphatic imine (C=N–C) groups is 1. The molecule has 328 valence electrons. The Morgan fingerprint density at radius 2 is 1.29 bits per heavy atom. The lowest BCUT2D eigenvalue weighted by Crippen LogP contribution is -2.53. The molecule has 0 fully saturated rings. The van der Waals surface area contributed by atoms with Gasteiger partial charge in [0.15, 0.2) is 5.69 Å². The minimum atomic E-state index is -1.92. The van der Waals surface area contributed by atoms with E-state index in [1.54, 1.807) is 0 Å². The lowest BCUT2D eigenvalue weighted by Gasteiger charge is -2.33. The molecule has 21 heteroatoms. The van der Waals surface area contributed by atoms with Crippen molar-refractivity contribution in [3.05, 3.63) is 70.3 Å². The van der Waals surface area contributed by atoms with Crippen LogP contribution in [0.1, 0.15) is 46.6 Å². The van der Waals surface area contributed by atoms with Crippen molar-refractivity contribution < 1.29 is 60.7 Å². The first-order valence-electron chi connectivity index (χ1n) is 19.0. The van der Waals surface area contributed by atoms with Crippen LogP contribution in [0.5, 0.6) is 0 Å². The number of aromatic nitrogens is 2. The second-order valence-electron chi connectivity index (χ2n) is 14.2. The van der Waals surface area contributed by atoms with Crippen LogP contribution < -0.4 is 22.5 Å². The van der Waals surface area contributed by atoms with Crippen molar-refractivity contribution in [2.75, 3.05) is 45.9 Å². The van der Waals surface area contributed by atoms with Crippen LogP contribution in [0.2, 0.25) is 5.15 Å². The molecule has 0 aliphatic carbocycles. The number of carbonyl (C=O) groups excluding carboxylic acids is 2. The monoisotopic (exact) mass is 852 g/mol. The summed E-state index contributed by atoms with van der Waals surface area (Å²) in [6.45, 7) is -2.02. The van der Waals surface area contributed by atoms with Gasteiger partial charge in [0.2, 0.25) is 5.91 Å². The molecule has 0 saturated heterocycles. The van der Waals surface area contributed by atoms with Crippen molar-refractivity contribution in [2.45, 2.75) is 87.0 Å². The summed E-state index contributed by atoms with van der Waals surface area (Å²) in [5.41, 5.74) is 19.0. The Kier molecular flexibility index (Phi) is 20.3. The maximum Gasteiger partial charge on any atom is 0.269 e. The maximum atomic E-state index is 12.6. The highest BCUT2D eigenvalue weighted by atomic mass is 35.5. The molecule has 0 saturated carbocycles. The quantitative estimate of drug-likeness (QED) is 0.0196. The molecule has 1 heterocycles. The minimum Gasteiger partial charge on any atom is -0.394 e. The molecule has 3 rings (SSSR count). The lowest BCUT2D eigenvalue weighted by molar-refractivity contribution is -0.130. The molecule has 2 aromatic carbocycles. The Hall–Kier alpha value is -4.00. The zero-order chi connectivity index (χ0) is 43.8. The van der Waals surface area contributed by atoms with E-state index in [0.717, 1.165) is 28.3 Å². The molecule has 0 spiro atoms. The van der Waals surface area contributed by atoms with Gasteiger partial charge in [0, 0.05) is 19.6 Å². The Bertz CT molecular complexity index is 1800. The van der Waals surface area contributed by atoms with E-state index in [-0.39, 0.29) is 48.3 Å². The van der Waals surface area contributed by atoms with Gasteiger partial charge in [-0.25, -0.2) is 9.97 Å². The summed E-state index contributed by atoms with van der Waals surface area (Å²) >= 11 is 5.82. The summed E-state index contributed by atoms with van der Waals surface area (Å²) in [7, 11) is 0. The number of nitrogens with one attached hydrogen (secondary N) is 1. The molecule has 3 aromatic rings. The summed E-state index contributed by atoms with van der Waals surface area (Å²) in [6.07, 6.45) is -10.8. The second-order valence-corrected chi connectivity index (χ2v) is 14.6. The zero-order valence-electron chi connectivity index (χ0n) is 32.4. The highest BCUT2D eigenvalue weighted by Gasteiger charge is 2.34. The number of carbonyl (C=O) groups is 2. The number of fused-ring (bicyclic) bond motifs is 1. The molecule has 0 bridgehead atoms. The van der Waals surface area contributed by atoms with Gasteiger partial charge < -0.3 is 73.6 Å². The molecule has 0 aliphatic heterocycles. The predicted molar refractivity (Wildman–Crippen MR) is 216 cm³/mol. The lowest BCUT2D eigenvalue weighted by atomic mass is 9.93. The smallest absolute Gasteiger partial charge is 0.269 e. The number of amidine groups is 1. The normalized spacial score (nSPS) is 16.9. The summed E-state index contributed by atoms with van der Waals surface area (Å²) in [5.74, 6) is -1.43. The van der Waals surface area contributed by atoms with Gasteiger partial charge >= 0.3 is 0 Å². The van der Waals surface area contributed by atoms with E-state index in [1.807, 2.05) is 36.4 Å². The number of hydrogen-bond acceptors (Lipinski definition) is 17. The van der Waals surface area contributed by atoms with Crippen molar-refractivity contribution in [1.29, 1.82) is 0 Å². The van der Waals surface area contributed by atoms with E-state index < -0.39 is 93.0 Å². The maximum absolute atomic E-state index is 12.6. The number of halogens is 1. The average Bonchev–Trinajstić information content (AvgIpc) is 3.22. The molecule has 0 aliphatic rings. The number of benzene rings is 2. The molecular weight excluding hydrogens is 796 g/mol. The van der Waals surface area contributed by atoms with Crippen LogP contribution in [0, 0.1) is 0 Å². The van der Waals surface area contributed by atoms with E-state index >= 15 is 0 Å². The second kappa shape index (κ2) is 24.3. The summed E-state index contributed by atoms with van der Waals surface area (Å²) in [5, 5.41) is 105. The summed E-state index contributed by atoms with van der Waals surface area (Å²) < 4.78 is 0. The van der Waals surface area contributed by atoms with E-state index in [0.29, 0.717) is 19.4 Å². The minimum absolute atomic E-state index is 0.00212. The van der Waals surface area contributed by atoms with Gasteiger partial charge in [0.05, 0.1) is 37.7 Å². The summed E-state index contributed by atoms with van der Waals surface area (Å²) in [6, 6.07) is 10.8. The topological polar surface area (TPSA) is 368 Å². The fourth-order valence-corrected chi connectivity index (χ4v) is 6.58. The van der Waals surface area contributed by atoms with Crippen molar-refractivity contribution in [3.63, 3.8) is 0 Å². The van der Waals surface area contributed by atoms with Gasteiger partial charge in [-0.1, -0.05) is 48.0 Å². The average molecular weight is 853 g/mol. The third-order valence-electron chi connectivity index (χ3n) is 9.81. The summed E-state index contributed by atoms with van der Waals surface area (Å²) in [4.78, 5) is 38.0.